The van der Waals surface area contributed by atoms with Crippen molar-refractivity contribution in [2.24, 2.45) is 11.8 Å². The number of benzene rings is 3. The van der Waals surface area contributed by atoms with E-state index in [9.17, 15) is 0 Å². The molecule has 2 nitrogen and oxygen atoms in total. The van der Waals surface area contributed by atoms with Gasteiger partial charge in [0.05, 0.1) is 11.6 Å². The van der Waals surface area contributed by atoms with Gasteiger partial charge in [0.2, 0.25) is 0 Å². The Kier molecular flexibility index (Phi) is 4.85. The predicted octanol–water partition coefficient (Wildman–Crippen LogP) is 6.95. The normalized spacial score (nSPS) is 25.0. The van der Waals surface area contributed by atoms with Crippen LogP contribution in [0.5, 0.6) is 0 Å². The monoisotopic (exact) mass is 420 g/mol. The number of nitriles is 1. The van der Waals surface area contributed by atoms with Crippen LogP contribution in [0.15, 0.2) is 54.6 Å². The van der Waals surface area contributed by atoms with Gasteiger partial charge >= 0.3 is 0 Å². The van der Waals surface area contributed by atoms with Crippen LogP contribution in [0.4, 0.5) is 0 Å². The predicted molar refractivity (Wildman–Crippen MR) is 131 cm³/mol. The highest BCUT2D eigenvalue weighted by Gasteiger charge is 2.41. The van der Waals surface area contributed by atoms with Gasteiger partial charge in [-0.05, 0) is 94.5 Å². The van der Waals surface area contributed by atoms with Crippen LogP contribution in [0, 0.1) is 23.2 Å². The second-order valence-corrected chi connectivity index (χ2v) is 10.7. The van der Waals surface area contributed by atoms with Gasteiger partial charge < -0.3 is 0 Å². The maximum atomic E-state index is 9.16. The van der Waals surface area contributed by atoms with E-state index in [0.717, 1.165) is 16.9 Å². The lowest BCUT2D eigenvalue weighted by atomic mass is 9.84. The van der Waals surface area contributed by atoms with Gasteiger partial charge in [0.15, 0.2) is 0 Å². The molecule has 1 heterocycles. The Morgan fingerprint density at radius 1 is 0.938 bits per heavy atom. The average Bonchev–Trinajstić information content (AvgIpc) is 3.73. The number of fused-ring (bicyclic) bond motifs is 2. The molecule has 0 spiro atoms. The molecule has 0 radical (unpaired) electrons. The van der Waals surface area contributed by atoms with E-state index >= 15 is 0 Å². The highest BCUT2D eigenvalue weighted by molar-refractivity contribution is 5.84. The van der Waals surface area contributed by atoms with Crippen molar-refractivity contribution >= 4 is 10.8 Å². The van der Waals surface area contributed by atoms with Gasteiger partial charge in [-0.1, -0.05) is 56.3 Å². The van der Waals surface area contributed by atoms with Gasteiger partial charge in [-0.3, -0.25) is 4.90 Å². The van der Waals surface area contributed by atoms with E-state index < -0.39 is 0 Å². The minimum atomic E-state index is 0.575. The molecule has 6 rings (SSSR count). The van der Waals surface area contributed by atoms with Crippen molar-refractivity contribution in [2.75, 3.05) is 13.1 Å². The third-order valence-electron chi connectivity index (χ3n) is 8.01. The number of hydrogen-bond donors (Lipinski definition) is 0. The molecule has 3 aromatic rings. The second-order valence-electron chi connectivity index (χ2n) is 10.7. The zero-order valence-electron chi connectivity index (χ0n) is 19.2. The molecular formula is C30H32N2. The van der Waals surface area contributed by atoms with Crippen LogP contribution in [0.3, 0.4) is 0 Å². The van der Waals surface area contributed by atoms with Crippen molar-refractivity contribution in [2.45, 2.75) is 57.4 Å². The summed E-state index contributed by atoms with van der Waals surface area (Å²) in [5, 5.41) is 11.6. The molecule has 3 aromatic carbocycles. The maximum absolute atomic E-state index is 9.16. The zero-order valence-corrected chi connectivity index (χ0v) is 19.2. The van der Waals surface area contributed by atoms with E-state index in [1.165, 1.54) is 55.3 Å². The van der Waals surface area contributed by atoms with Crippen molar-refractivity contribution in [3.05, 3.63) is 82.4 Å². The van der Waals surface area contributed by atoms with Crippen molar-refractivity contribution < 1.29 is 0 Å². The first-order chi connectivity index (χ1) is 15.6. The van der Waals surface area contributed by atoms with Crippen LogP contribution in [-0.2, 0) is 6.42 Å². The first kappa shape index (κ1) is 20.0. The fourth-order valence-electron chi connectivity index (χ4n) is 6.06. The molecule has 0 N–H and O–H groups in total. The Labute approximate surface area is 191 Å². The van der Waals surface area contributed by atoms with E-state index in [0.29, 0.717) is 23.8 Å². The largest absolute Gasteiger partial charge is 0.295 e. The van der Waals surface area contributed by atoms with E-state index in [-0.39, 0.29) is 0 Å². The van der Waals surface area contributed by atoms with Gasteiger partial charge in [0.1, 0.15) is 0 Å². The first-order valence-electron chi connectivity index (χ1n) is 12.4. The van der Waals surface area contributed by atoms with Crippen molar-refractivity contribution in [3.8, 4) is 6.07 Å². The van der Waals surface area contributed by atoms with E-state index in [1.807, 2.05) is 12.1 Å². The molecule has 2 fully saturated rings. The van der Waals surface area contributed by atoms with Crippen molar-refractivity contribution in [1.82, 2.24) is 4.90 Å². The van der Waals surface area contributed by atoms with Crippen LogP contribution in [0.25, 0.3) is 10.8 Å². The Morgan fingerprint density at radius 3 is 2.41 bits per heavy atom. The molecule has 2 aliphatic carbocycles. The lowest BCUT2D eigenvalue weighted by Gasteiger charge is -2.40. The van der Waals surface area contributed by atoms with E-state index in [2.05, 4.69) is 67.3 Å². The molecule has 0 aromatic heterocycles. The third kappa shape index (κ3) is 3.63. The summed E-state index contributed by atoms with van der Waals surface area (Å²) >= 11 is 0. The Hall–Kier alpha value is -2.63. The molecule has 2 heteroatoms. The topological polar surface area (TPSA) is 27.0 Å². The summed E-state index contributed by atoms with van der Waals surface area (Å²) in [4.78, 5) is 2.79. The van der Waals surface area contributed by atoms with Crippen LogP contribution < -0.4 is 0 Å². The lowest BCUT2D eigenvalue weighted by Crippen LogP contribution is -2.39. The molecule has 3 aliphatic rings. The summed E-state index contributed by atoms with van der Waals surface area (Å²) in [6.07, 6.45) is 5.32. The molecule has 3 atom stereocenters. The highest BCUT2D eigenvalue weighted by Crippen LogP contribution is 2.55. The Balaban J connectivity index is 1.26. The van der Waals surface area contributed by atoms with Crippen LogP contribution in [0.2, 0.25) is 0 Å². The SMILES string of the molecule is CC(C)C1c2cc(C3CC3c3ccc4cc(C#N)ccc4c3)ccc2CCN1CC1CC1. The van der Waals surface area contributed by atoms with Crippen LogP contribution >= 0.6 is 0 Å². The Bertz CT molecular complexity index is 1210. The fourth-order valence-corrected chi connectivity index (χ4v) is 6.06. The molecule has 32 heavy (non-hydrogen) atoms. The molecule has 1 aliphatic heterocycles. The number of hydrogen-bond acceptors (Lipinski definition) is 2. The van der Waals surface area contributed by atoms with Gasteiger partial charge in [-0.25, -0.2) is 0 Å². The van der Waals surface area contributed by atoms with E-state index in [1.54, 1.807) is 11.1 Å². The molecular weight excluding hydrogens is 388 g/mol. The minimum Gasteiger partial charge on any atom is -0.295 e. The molecule has 0 amide bonds. The van der Waals surface area contributed by atoms with Crippen molar-refractivity contribution in [3.63, 3.8) is 0 Å². The standard InChI is InChI=1S/C30H32N2/c1-19(2)30-29-15-26(9-7-22(29)11-12-32(30)18-20-3-4-20)28-16-27(28)25-10-8-23-13-21(17-31)5-6-24(23)14-25/h5-10,13-15,19-20,27-28,30H,3-4,11-12,16,18H2,1-2H3. The van der Waals surface area contributed by atoms with Gasteiger partial charge in [-0.15, -0.1) is 0 Å². The summed E-state index contributed by atoms with van der Waals surface area (Å²) in [7, 11) is 0. The van der Waals surface area contributed by atoms with Gasteiger partial charge in [0, 0.05) is 19.1 Å². The molecule has 162 valence electrons. The quantitative estimate of drug-likeness (QED) is 0.447. The number of nitrogens with zero attached hydrogens (tertiary/aromatic N) is 2. The maximum Gasteiger partial charge on any atom is 0.0991 e. The van der Waals surface area contributed by atoms with Crippen LogP contribution in [-0.4, -0.2) is 18.0 Å². The molecule has 0 bridgehead atoms. The first-order valence-corrected chi connectivity index (χ1v) is 12.4. The summed E-state index contributed by atoms with van der Waals surface area (Å²) in [5.41, 5.74) is 6.90. The lowest BCUT2D eigenvalue weighted by molar-refractivity contribution is 0.137. The Morgan fingerprint density at radius 2 is 1.66 bits per heavy atom. The molecule has 3 unspecified atom stereocenters. The third-order valence-corrected chi connectivity index (χ3v) is 8.01. The molecule has 2 saturated carbocycles. The summed E-state index contributed by atoms with van der Waals surface area (Å²) in [6.45, 7) is 7.32. The average molecular weight is 421 g/mol. The van der Waals surface area contributed by atoms with Crippen molar-refractivity contribution in [1.29, 1.82) is 5.26 Å². The van der Waals surface area contributed by atoms with Gasteiger partial charge in [-0.2, -0.15) is 5.26 Å². The summed E-state index contributed by atoms with van der Waals surface area (Å²) in [6, 6.07) is 23.1. The zero-order chi connectivity index (χ0) is 21.8. The van der Waals surface area contributed by atoms with E-state index in [4.69, 9.17) is 5.26 Å². The van der Waals surface area contributed by atoms with Gasteiger partial charge in [0.25, 0.3) is 0 Å². The highest BCUT2D eigenvalue weighted by atomic mass is 15.2. The van der Waals surface area contributed by atoms with Crippen LogP contribution in [0.1, 0.15) is 78.8 Å². The summed E-state index contributed by atoms with van der Waals surface area (Å²) < 4.78 is 0. The summed E-state index contributed by atoms with van der Waals surface area (Å²) in [5.74, 6) is 2.86. The number of rotatable bonds is 5. The molecule has 0 saturated heterocycles. The minimum absolute atomic E-state index is 0.575. The fraction of sp³-hybridized carbons (Fsp3) is 0.433. The second kappa shape index (κ2) is 7.75. The smallest absolute Gasteiger partial charge is 0.0991 e.